The van der Waals surface area contributed by atoms with E-state index in [4.69, 9.17) is 22.1 Å². The molecule has 2 N–H and O–H groups in total. The van der Waals surface area contributed by atoms with Gasteiger partial charge in [0.1, 0.15) is 5.75 Å². The summed E-state index contributed by atoms with van der Waals surface area (Å²) in [7, 11) is 0. The Morgan fingerprint density at radius 1 is 1.13 bits per heavy atom. The number of piperidine rings is 1. The number of carbonyl (C=O) groups is 2. The number of amides is 2. The van der Waals surface area contributed by atoms with Crippen molar-refractivity contribution >= 4 is 23.4 Å². The Kier molecular flexibility index (Phi) is 6.79. The summed E-state index contributed by atoms with van der Waals surface area (Å²) in [6.45, 7) is 0.434. The first-order valence-corrected chi connectivity index (χ1v) is 10.1. The van der Waals surface area contributed by atoms with Gasteiger partial charge in [0.25, 0.3) is 5.91 Å². The van der Waals surface area contributed by atoms with E-state index in [0.717, 1.165) is 6.07 Å². The van der Waals surface area contributed by atoms with E-state index in [-0.39, 0.29) is 26.1 Å². The minimum atomic E-state index is -4.65. The zero-order valence-corrected chi connectivity index (χ0v) is 17.4. The molecule has 31 heavy (non-hydrogen) atoms. The second-order valence-corrected chi connectivity index (χ2v) is 8.20. The van der Waals surface area contributed by atoms with Gasteiger partial charge in [0.2, 0.25) is 5.91 Å². The lowest BCUT2D eigenvalue weighted by Crippen LogP contribution is -2.50. The third kappa shape index (κ3) is 5.70. The molecule has 1 aliphatic heterocycles. The van der Waals surface area contributed by atoms with Crippen molar-refractivity contribution in [3.05, 3.63) is 64.7 Å². The smallest absolute Gasteiger partial charge is 0.417 e. The first kappa shape index (κ1) is 22.9. The number of nitrogens with two attached hydrogens (primary N) is 1. The van der Waals surface area contributed by atoms with Crippen molar-refractivity contribution in [1.29, 1.82) is 0 Å². The van der Waals surface area contributed by atoms with E-state index in [2.05, 4.69) is 0 Å². The molecule has 1 atom stereocenters. The molecule has 1 unspecified atom stereocenters. The van der Waals surface area contributed by atoms with Gasteiger partial charge in [0.05, 0.1) is 17.7 Å². The molecule has 0 aromatic heterocycles. The highest BCUT2D eigenvalue weighted by atomic mass is 35.5. The van der Waals surface area contributed by atoms with Gasteiger partial charge in [0.15, 0.2) is 0 Å². The number of halogens is 4. The normalized spacial score (nSPS) is 19.2. The SMILES string of the molecule is NC(=O)CC1(COc2ccc(Cl)cc2)CCCN(C(=O)c2ccccc2C(F)(F)F)C1. The highest BCUT2D eigenvalue weighted by molar-refractivity contribution is 6.30. The topological polar surface area (TPSA) is 72.6 Å². The molecule has 2 amide bonds. The Balaban J connectivity index is 1.83. The van der Waals surface area contributed by atoms with Gasteiger partial charge >= 0.3 is 6.18 Å². The van der Waals surface area contributed by atoms with E-state index in [1.165, 1.54) is 23.1 Å². The van der Waals surface area contributed by atoms with Crippen LogP contribution in [0.1, 0.15) is 35.2 Å². The second-order valence-electron chi connectivity index (χ2n) is 7.76. The Hall–Kier alpha value is -2.74. The molecule has 1 aliphatic rings. The van der Waals surface area contributed by atoms with Gasteiger partial charge in [-0.25, -0.2) is 0 Å². The molecule has 3 rings (SSSR count). The monoisotopic (exact) mass is 454 g/mol. The Morgan fingerprint density at radius 3 is 2.45 bits per heavy atom. The van der Waals surface area contributed by atoms with Gasteiger partial charge < -0.3 is 15.4 Å². The molecule has 1 heterocycles. The zero-order valence-electron chi connectivity index (χ0n) is 16.6. The van der Waals surface area contributed by atoms with E-state index in [1.54, 1.807) is 24.3 Å². The van der Waals surface area contributed by atoms with Gasteiger partial charge in [-0.3, -0.25) is 9.59 Å². The van der Waals surface area contributed by atoms with Crippen molar-refractivity contribution in [3.63, 3.8) is 0 Å². The van der Waals surface area contributed by atoms with Crippen LogP contribution in [0.4, 0.5) is 13.2 Å². The van der Waals surface area contributed by atoms with Crippen LogP contribution in [0, 0.1) is 5.41 Å². The fourth-order valence-electron chi connectivity index (χ4n) is 3.92. The number of nitrogens with zero attached hydrogens (tertiary/aromatic N) is 1. The van der Waals surface area contributed by atoms with E-state index in [0.29, 0.717) is 23.6 Å². The average Bonchev–Trinajstić information content (AvgIpc) is 2.72. The number of hydrogen-bond donors (Lipinski definition) is 1. The molecule has 0 spiro atoms. The van der Waals surface area contributed by atoms with Gasteiger partial charge in [-0.15, -0.1) is 0 Å². The molecule has 2 aromatic carbocycles. The molecule has 166 valence electrons. The van der Waals surface area contributed by atoms with Crippen LogP contribution in [-0.2, 0) is 11.0 Å². The summed E-state index contributed by atoms with van der Waals surface area (Å²) >= 11 is 5.87. The fourth-order valence-corrected chi connectivity index (χ4v) is 4.04. The molecule has 5 nitrogen and oxygen atoms in total. The van der Waals surface area contributed by atoms with Crippen molar-refractivity contribution in [2.75, 3.05) is 19.7 Å². The lowest BCUT2D eigenvalue weighted by Gasteiger charge is -2.42. The maximum absolute atomic E-state index is 13.4. The van der Waals surface area contributed by atoms with E-state index in [9.17, 15) is 22.8 Å². The van der Waals surface area contributed by atoms with Crippen molar-refractivity contribution in [3.8, 4) is 5.75 Å². The van der Waals surface area contributed by atoms with E-state index in [1.807, 2.05) is 0 Å². The number of carbonyl (C=O) groups excluding carboxylic acids is 2. The number of alkyl halides is 3. The number of rotatable bonds is 6. The van der Waals surface area contributed by atoms with E-state index >= 15 is 0 Å². The quantitative estimate of drug-likeness (QED) is 0.696. The van der Waals surface area contributed by atoms with Gasteiger partial charge in [-0.1, -0.05) is 23.7 Å². The predicted octanol–water partition coefficient (Wildman–Crippen LogP) is 4.54. The number of primary amides is 1. The molecule has 0 radical (unpaired) electrons. The third-order valence-corrected chi connectivity index (χ3v) is 5.57. The summed E-state index contributed by atoms with van der Waals surface area (Å²) in [6, 6.07) is 11.3. The van der Waals surface area contributed by atoms with Gasteiger partial charge in [-0.05, 0) is 49.2 Å². The van der Waals surface area contributed by atoms with Crippen molar-refractivity contribution in [1.82, 2.24) is 4.90 Å². The summed E-state index contributed by atoms with van der Waals surface area (Å²) in [5.41, 5.74) is 3.25. The van der Waals surface area contributed by atoms with Crippen molar-refractivity contribution in [2.45, 2.75) is 25.4 Å². The first-order valence-electron chi connectivity index (χ1n) is 9.72. The summed E-state index contributed by atoms with van der Waals surface area (Å²) < 4.78 is 46.0. The number of benzene rings is 2. The number of ether oxygens (including phenoxy) is 1. The van der Waals surface area contributed by atoms with E-state index < -0.39 is 34.5 Å². The highest BCUT2D eigenvalue weighted by Crippen LogP contribution is 2.37. The standard InChI is InChI=1S/C22H22ClF3N2O3/c23-15-6-8-16(9-7-15)31-14-21(12-19(27)29)10-3-11-28(13-21)20(30)17-4-1-2-5-18(17)22(24,25)26/h1-2,4-9H,3,10-14H2,(H2,27,29). The lowest BCUT2D eigenvalue weighted by molar-refractivity contribution is -0.138. The Labute approximate surface area is 182 Å². The van der Waals surface area contributed by atoms with Crippen LogP contribution in [0.5, 0.6) is 5.75 Å². The molecule has 0 bridgehead atoms. The maximum atomic E-state index is 13.4. The Morgan fingerprint density at radius 2 is 1.81 bits per heavy atom. The minimum absolute atomic E-state index is 0.0503. The van der Waals surface area contributed by atoms with Crippen LogP contribution in [0.2, 0.25) is 5.02 Å². The number of likely N-dealkylation sites (tertiary alicyclic amines) is 1. The zero-order chi connectivity index (χ0) is 22.6. The summed E-state index contributed by atoms with van der Waals surface area (Å²) in [6.07, 6.45) is -3.64. The fraction of sp³-hybridized carbons (Fsp3) is 0.364. The lowest BCUT2D eigenvalue weighted by atomic mass is 9.77. The molecular formula is C22H22ClF3N2O3. The van der Waals surface area contributed by atoms with Crippen LogP contribution < -0.4 is 10.5 Å². The summed E-state index contributed by atoms with van der Waals surface area (Å²) in [5, 5.41) is 0.539. The molecule has 1 saturated heterocycles. The molecule has 9 heteroatoms. The molecule has 2 aromatic rings. The largest absolute Gasteiger partial charge is 0.493 e. The first-order chi connectivity index (χ1) is 14.6. The Bertz CT molecular complexity index is 950. The predicted molar refractivity (Wildman–Crippen MR) is 110 cm³/mol. The summed E-state index contributed by atoms with van der Waals surface area (Å²) in [5.74, 6) is -0.767. The van der Waals surface area contributed by atoms with Crippen LogP contribution in [-0.4, -0.2) is 36.4 Å². The third-order valence-electron chi connectivity index (χ3n) is 5.32. The van der Waals surface area contributed by atoms with Crippen molar-refractivity contribution < 1.29 is 27.5 Å². The van der Waals surface area contributed by atoms with Crippen molar-refractivity contribution in [2.24, 2.45) is 11.1 Å². The minimum Gasteiger partial charge on any atom is -0.493 e. The molecule has 1 fully saturated rings. The number of hydrogen-bond acceptors (Lipinski definition) is 3. The molecule has 0 aliphatic carbocycles. The van der Waals surface area contributed by atoms with Gasteiger partial charge in [0, 0.05) is 29.9 Å². The van der Waals surface area contributed by atoms with Crippen LogP contribution in [0.15, 0.2) is 48.5 Å². The molecular weight excluding hydrogens is 433 g/mol. The average molecular weight is 455 g/mol. The van der Waals surface area contributed by atoms with Crippen LogP contribution >= 0.6 is 11.6 Å². The molecule has 0 saturated carbocycles. The van der Waals surface area contributed by atoms with Crippen LogP contribution in [0.25, 0.3) is 0 Å². The second kappa shape index (κ2) is 9.18. The van der Waals surface area contributed by atoms with Gasteiger partial charge in [-0.2, -0.15) is 13.2 Å². The summed E-state index contributed by atoms with van der Waals surface area (Å²) in [4.78, 5) is 26.1. The maximum Gasteiger partial charge on any atom is 0.417 e. The highest BCUT2D eigenvalue weighted by Gasteiger charge is 2.41. The van der Waals surface area contributed by atoms with Crippen LogP contribution in [0.3, 0.4) is 0 Å².